The van der Waals surface area contributed by atoms with Crippen LogP contribution in [0.1, 0.15) is 19.4 Å². The number of oxazole rings is 1. The zero-order valence-corrected chi connectivity index (χ0v) is 11.2. The van der Waals surface area contributed by atoms with E-state index in [-0.39, 0.29) is 10.2 Å². The number of aromatic nitrogens is 1. The highest BCUT2D eigenvalue weighted by Gasteiger charge is 2.21. The number of nitrogens with zero attached hydrogens (tertiary/aromatic N) is 1. The molecule has 0 bridgehead atoms. The highest BCUT2D eigenvalue weighted by atomic mass is 79.9. The number of rotatable bonds is 3. The Bertz CT molecular complexity index is 548. The molecule has 0 fully saturated rings. The highest BCUT2D eigenvalue weighted by Crippen LogP contribution is 2.25. The van der Waals surface area contributed by atoms with Gasteiger partial charge < -0.3 is 9.73 Å². The van der Waals surface area contributed by atoms with Crippen LogP contribution in [0.5, 0.6) is 0 Å². The van der Waals surface area contributed by atoms with E-state index in [2.05, 4.69) is 40.1 Å². The summed E-state index contributed by atoms with van der Waals surface area (Å²) in [5.74, 6) is 0. The number of hydrogen-bond donors (Lipinski definition) is 1. The van der Waals surface area contributed by atoms with E-state index in [9.17, 15) is 4.79 Å². The molecule has 90 valence electrons. The van der Waals surface area contributed by atoms with E-state index in [4.69, 9.17) is 4.42 Å². The fourth-order valence-electron chi connectivity index (χ4n) is 1.67. The molecule has 1 aromatic carbocycles. The van der Waals surface area contributed by atoms with Crippen molar-refractivity contribution in [3.05, 3.63) is 30.2 Å². The van der Waals surface area contributed by atoms with E-state index in [1.54, 1.807) is 0 Å². The number of amides is 1. The van der Waals surface area contributed by atoms with Crippen molar-refractivity contribution in [2.24, 2.45) is 0 Å². The summed E-state index contributed by atoms with van der Waals surface area (Å²) in [5, 5.41) is 2.76. The van der Waals surface area contributed by atoms with Gasteiger partial charge in [-0.3, -0.25) is 4.79 Å². The van der Waals surface area contributed by atoms with Crippen molar-refractivity contribution in [3.63, 3.8) is 0 Å². The third-order valence-electron chi connectivity index (χ3n) is 2.78. The van der Waals surface area contributed by atoms with Crippen LogP contribution in [0.15, 0.2) is 29.0 Å². The van der Waals surface area contributed by atoms with Crippen molar-refractivity contribution in [2.75, 3.05) is 6.54 Å². The lowest BCUT2D eigenvalue weighted by atomic mass is 9.84. The predicted octanol–water partition coefficient (Wildman–Crippen LogP) is 3.21. The van der Waals surface area contributed by atoms with Gasteiger partial charge in [0.2, 0.25) is 0 Å². The predicted molar refractivity (Wildman–Crippen MR) is 69.4 cm³/mol. The Kier molecular flexibility index (Phi) is 3.19. The minimum atomic E-state index is -0.202. The van der Waals surface area contributed by atoms with Crippen LogP contribution in [-0.2, 0) is 5.41 Å². The largest absolute Gasteiger partial charge is 0.443 e. The monoisotopic (exact) mass is 296 g/mol. The summed E-state index contributed by atoms with van der Waals surface area (Å²) in [6.07, 6.45) is 1.43. The van der Waals surface area contributed by atoms with Gasteiger partial charge in [0, 0.05) is 27.9 Å². The summed E-state index contributed by atoms with van der Waals surface area (Å²) in [6.45, 7) is 4.68. The second kappa shape index (κ2) is 4.49. The van der Waals surface area contributed by atoms with Crippen LogP contribution in [0, 0.1) is 0 Å². The van der Waals surface area contributed by atoms with E-state index in [0.29, 0.717) is 6.54 Å². The summed E-state index contributed by atoms with van der Waals surface area (Å²) in [7, 11) is 0. The number of benzene rings is 1. The molecule has 0 radical (unpaired) electrons. The number of halogens is 1. The maximum atomic E-state index is 10.9. The molecule has 1 aromatic heterocycles. The van der Waals surface area contributed by atoms with E-state index >= 15 is 0 Å². The number of carbonyl (C=O) groups is 1. The van der Waals surface area contributed by atoms with Crippen LogP contribution in [0.25, 0.3) is 11.1 Å². The minimum Gasteiger partial charge on any atom is -0.443 e. The van der Waals surface area contributed by atoms with Crippen LogP contribution in [0.3, 0.4) is 0 Å². The lowest BCUT2D eigenvalue weighted by Gasteiger charge is -2.24. The number of hydrogen-bond acceptors (Lipinski definition) is 3. The molecular weight excluding hydrogens is 284 g/mol. The molecule has 0 atom stereocenters. The molecule has 0 aliphatic heterocycles. The summed E-state index contributed by atoms with van der Waals surface area (Å²) in [4.78, 5) is 14.7. The van der Waals surface area contributed by atoms with Crippen LogP contribution in [0.4, 0.5) is 4.79 Å². The van der Waals surface area contributed by atoms with Crippen molar-refractivity contribution in [2.45, 2.75) is 19.3 Å². The van der Waals surface area contributed by atoms with Crippen molar-refractivity contribution < 1.29 is 9.21 Å². The first kappa shape index (κ1) is 12.1. The van der Waals surface area contributed by atoms with Crippen molar-refractivity contribution in [1.29, 1.82) is 0 Å². The van der Waals surface area contributed by atoms with E-state index in [1.165, 1.54) is 6.39 Å². The topological polar surface area (TPSA) is 55.1 Å². The molecule has 0 saturated heterocycles. The standard InChI is InChI=1S/C12H13BrN2O2/c1-12(2,6-14-11(13)16)8-3-4-9-10(5-8)17-7-15-9/h3-5,7H,6H2,1-2H3,(H,14,16). The number of fused-ring (bicyclic) bond motifs is 1. The Morgan fingerprint density at radius 3 is 3.00 bits per heavy atom. The second-order valence-electron chi connectivity index (χ2n) is 4.55. The lowest BCUT2D eigenvalue weighted by molar-refractivity contribution is 0.259. The van der Waals surface area contributed by atoms with Crippen LogP contribution < -0.4 is 5.32 Å². The summed E-state index contributed by atoms with van der Waals surface area (Å²) in [6, 6.07) is 5.89. The summed E-state index contributed by atoms with van der Waals surface area (Å²) in [5.41, 5.74) is 2.54. The first-order valence-electron chi connectivity index (χ1n) is 5.26. The summed E-state index contributed by atoms with van der Waals surface area (Å²) >= 11 is 2.85. The molecule has 2 aromatic rings. The van der Waals surface area contributed by atoms with Gasteiger partial charge in [-0.15, -0.1) is 0 Å². The van der Waals surface area contributed by atoms with Gasteiger partial charge in [0.15, 0.2) is 12.0 Å². The Morgan fingerprint density at radius 1 is 1.53 bits per heavy atom. The van der Waals surface area contributed by atoms with Crippen molar-refractivity contribution in [1.82, 2.24) is 10.3 Å². The minimum absolute atomic E-state index is 0.162. The maximum Gasteiger partial charge on any atom is 0.287 e. The zero-order chi connectivity index (χ0) is 12.5. The molecule has 0 aliphatic rings. The molecular formula is C12H13BrN2O2. The van der Waals surface area contributed by atoms with Gasteiger partial charge in [-0.1, -0.05) is 19.9 Å². The molecule has 1 heterocycles. The first-order chi connectivity index (χ1) is 7.99. The molecule has 1 amide bonds. The quantitative estimate of drug-likeness (QED) is 0.699. The molecule has 2 rings (SSSR count). The Labute approximate surface area is 108 Å². The average Bonchev–Trinajstić information content (AvgIpc) is 2.73. The molecule has 1 N–H and O–H groups in total. The highest BCUT2D eigenvalue weighted by molar-refractivity contribution is 9.18. The van der Waals surface area contributed by atoms with Gasteiger partial charge in [0.25, 0.3) is 4.82 Å². The van der Waals surface area contributed by atoms with Crippen LogP contribution >= 0.6 is 15.9 Å². The van der Waals surface area contributed by atoms with Gasteiger partial charge in [0.05, 0.1) is 0 Å². The van der Waals surface area contributed by atoms with Crippen molar-refractivity contribution in [3.8, 4) is 0 Å². The average molecular weight is 297 g/mol. The normalized spacial score (nSPS) is 11.7. The van der Waals surface area contributed by atoms with E-state index in [1.807, 2.05) is 18.2 Å². The summed E-state index contributed by atoms with van der Waals surface area (Å²) < 4.78 is 5.27. The van der Waals surface area contributed by atoms with Crippen LogP contribution in [0.2, 0.25) is 0 Å². The molecule has 17 heavy (non-hydrogen) atoms. The molecule has 0 saturated carbocycles. The molecule has 5 heteroatoms. The number of carbonyl (C=O) groups excluding carboxylic acids is 1. The molecule has 4 nitrogen and oxygen atoms in total. The van der Waals surface area contributed by atoms with Gasteiger partial charge >= 0.3 is 0 Å². The van der Waals surface area contributed by atoms with Gasteiger partial charge in [0.1, 0.15) is 5.52 Å². The Morgan fingerprint density at radius 2 is 2.29 bits per heavy atom. The van der Waals surface area contributed by atoms with Crippen molar-refractivity contribution >= 4 is 31.8 Å². The van der Waals surface area contributed by atoms with Crippen LogP contribution in [-0.4, -0.2) is 16.3 Å². The first-order valence-corrected chi connectivity index (χ1v) is 6.05. The fourth-order valence-corrected chi connectivity index (χ4v) is 1.81. The molecule has 0 spiro atoms. The zero-order valence-electron chi connectivity index (χ0n) is 9.66. The molecule has 0 aliphatic carbocycles. The Balaban J connectivity index is 2.27. The lowest BCUT2D eigenvalue weighted by Crippen LogP contribution is -2.34. The SMILES string of the molecule is CC(C)(CNC(=O)Br)c1ccc2ncoc2c1. The third-order valence-corrected chi connectivity index (χ3v) is 3.06. The smallest absolute Gasteiger partial charge is 0.287 e. The van der Waals surface area contributed by atoms with E-state index in [0.717, 1.165) is 16.7 Å². The number of nitrogens with one attached hydrogen (secondary N) is 1. The van der Waals surface area contributed by atoms with Gasteiger partial charge in [-0.25, -0.2) is 4.98 Å². The van der Waals surface area contributed by atoms with E-state index < -0.39 is 0 Å². The second-order valence-corrected chi connectivity index (χ2v) is 5.27. The fraction of sp³-hybridized carbons (Fsp3) is 0.333. The molecule has 0 unspecified atom stereocenters. The third kappa shape index (κ3) is 2.66. The van der Waals surface area contributed by atoms with Gasteiger partial charge in [-0.05, 0) is 17.7 Å². The van der Waals surface area contributed by atoms with Gasteiger partial charge in [-0.2, -0.15) is 0 Å². The Hall–Kier alpha value is -1.36. The maximum absolute atomic E-state index is 10.9.